The minimum Gasteiger partial charge on any atom is -0.338 e. The van der Waals surface area contributed by atoms with Gasteiger partial charge in [-0.2, -0.15) is 20.1 Å². The van der Waals surface area contributed by atoms with E-state index in [1.807, 2.05) is 57.2 Å². The number of aromatic amines is 1. The highest BCUT2D eigenvalue weighted by Crippen LogP contribution is 2.21. The average molecular weight is 488 g/mol. The fourth-order valence-electron chi connectivity index (χ4n) is 2.97. The Hall–Kier alpha value is -4.47. The second kappa shape index (κ2) is 12.8. The van der Waals surface area contributed by atoms with E-state index in [1.165, 1.54) is 5.57 Å². The number of carbonyl (C=O) groups excluding carboxylic acids is 1. The molecule has 0 atom stereocenters. The highest BCUT2D eigenvalue weighted by Gasteiger charge is 2.10. The Morgan fingerprint density at radius 1 is 0.944 bits per heavy atom. The monoisotopic (exact) mass is 487 g/mol. The summed E-state index contributed by atoms with van der Waals surface area (Å²) in [4.78, 5) is 25.4. The van der Waals surface area contributed by atoms with E-state index in [9.17, 15) is 4.79 Å². The molecule has 0 spiro atoms. The number of benzene rings is 1. The lowest BCUT2D eigenvalue weighted by Crippen LogP contribution is -2.28. The van der Waals surface area contributed by atoms with Crippen LogP contribution in [0.15, 0.2) is 60.2 Å². The van der Waals surface area contributed by atoms with Gasteiger partial charge < -0.3 is 21.3 Å². The van der Waals surface area contributed by atoms with Crippen LogP contribution in [0.2, 0.25) is 0 Å². The second-order valence-corrected chi connectivity index (χ2v) is 8.16. The molecule has 0 fully saturated rings. The summed E-state index contributed by atoms with van der Waals surface area (Å²) in [5, 5.41) is 18.9. The number of amides is 2. The summed E-state index contributed by atoms with van der Waals surface area (Å²) in [6, 6.07) is 8.89. The minimum absolute atomic E-state index is 0.249. The van der Waals surface area contributed by atoms with Crippen molar-refractivity contribution in [3.63, 3.8) is 0 Å². The molecule has 0 radical (unpaired) electrons. The van der Waals surface area contributed by atoms with E-state index in [1.54, 1.807) is 12.1 Å². The standard InChI is InChI=1S/C26H33N9O/c1-6-17(3)10-8-9-11-18(4)23-31-24(33-25(32-23)30-22-16-19(5)34-35-22)28-20-12-14-21(15-13-20)29-26(36)27-7-2/h8-16H,6-7H2,1-5H3,(H2,27,29,36)(H3,28,30,31,32,33,34,35)/b9-8-,17-10?,18-11+. The number of hydrogen-bond donors (Lipinski definition) is 5. The molecular formula is C26H33N9O. The molecule has 188 valence electrons. The van der Waals surface area contributed by atoms with Crippen LogP contribution in [0.3, 0.4) is 0 Å². The second-order valence-electron chi connectivity index (χ2n) is 8.16. The maximum atomic E-state index is 11.7. The Balaban J connectivity index is 1.84. The van der Waals surface area contributed by atoms with E-state index in [-0.39, 0.29) is 6.03 Å². The molecule has 3 rings (SSSR count). The molecule has 0 aliphatic rings. The maximum absolute atomic E-state index is 11.7. The molecule has 10 heteroatoms. The Morgan fingerprint density at radius 3 is 2.25 bits per heavy atom. The van der Waals surface area contributed by atoms with Crippen LogP contribution in [0.25, 0.3) is 5.57 Å². The Morgan fingerprint density at radius 2 is 1.61 bits per heavy atom. The molecule has 2 aromatic heterocycles. The highest BCUT2D eigenvalue weighted by atomic mass is 16.2. The van der Waals surface area contributed by atoms with Crippen molar-refractivity contribution in [1.82, 2.24) is 30.5 Å². The van der Waals surface area contributed by atoms with Gasteiger partial charge in [0.05, 0.1) is 0 Å². The smallest absolute Gasteiger partial charge is 0.319 e. The number of nitrogens with one attached hydrogen (secondary N) is 5. The first-order valence-corrected chi connectivity index (χ1v) is 11.8. The van der Waals surface area contributed by atoms with Gasteiger partial charge in [-0.15, -0.1) is 0 Å². The largest absolute Gasteiger partial charge is 0.338 e. The predicted molar refractivity (Wildman–Crippen MR) is 146 cm³/mol. The van der Waals surface area contributed by atoms with Crippen LogP contribution in [0.4, 0.5) is 33.9 Å². The Bertz CT molecular complexity index is 1260. The SMILES string of the molecule is CCNC(=O)Nc1ccc(Nc2nc(Nc3cc(C)[nH]n3)nc(/C(C)=C/C=C\C=C(C)CC)n2)cc1. The fourth-order valence-corrected chi connectivity index (χ4v) is 2.97. The normalized spacial score (nSPS) is 12.0. The quantitative estimate of drug-likeness (QED) is 0.227. The predicted octanol–water partition coefficient (Wildman–Crippen LogP) is 5.85. The lowest BCUT2D eigenvalue weighted by molar-refractivity contribution is 0.252. The summed E-state index contributed by atoms with van der Waals surface area (Å²) in [5.74, 6) is 1.87. The van der Waals surface area contributed by atoms with Crippen molar-refractivity contribution < 1.29 is 4.79 Å². The van der Waals surface area contributed by atoms with Crippen LogP contribution >= 0.6 is 0 Å². The number of urea groups is 1. The molecule has 0 bridgehead atoms. The van der Waals surface area contributed by atoms with Crippen molar-refractivity contribution in [2.45, 2.75) is 41.0 Å². The number of hydrogen-bond acceptors (Lipinski definition) is 7. The topological polar surface area (TPSA) is 133 Å². The van der Waals surface area contributed by atoms with E-state index in [0.29, 0.717) is 35.8 Å². The van der Waals surface area contributed by atoms with Gasteiger partial charge in [0.25, 0.3) is 0 Å². The van der Waals surface area contributed by atoms with Crippen LogP contribution in [-0.4, -0.2) is 37.7 Å². The van der Waals surface area contributed by atoms with Gasteiger partial charge in [0.15, 0.2) is 11.6 Å². The van der Waals surface area contributed by atoms with Gasteiger partial charge in [0.2, 0.25) is 11.9 Å². The molecule has 0 aliphatic heterocycles. The van der Waals surface area contributed by atoms with Crippen LogP contribution in [-0.2, 0) is 0 Å². The summed E-state index contributed by atoms with van der Waals surface area (Å²) in [5.41, 5.74) is 4.54. The van der Waals surface area contributed by atoms with E-state index in [0.717, 1.165) is 23.4 Å². The molecule has 36 heavy (non-hydrogen) atoms. The summed E-state index contributed by atoms with van der Waals surface area (Å²) < 4.78 is 0. The molecular weight excluding hydrogens is 454 g/mol. The first-order valence-electron chi connectivity index (χ1n) is 11.8. The minimum atomic E-state index is -0.249. The molecule has 2 heterocycles. The summed E-state index contributed by atoms with van der Waals surface area (Å²) in [7, 11) is 0. The van der Waals surface area contributed by atoms with E-state index in [2.05, 4.69) is 66.3 Å². The summed E-state index contributed by atoms with van der Waals surface area (Å²) >= 11 is 0. The van der Waals surface area contributed by atoms with E-state index >= 15 is 0 Å². The van der Waals surface area contributed by atoms with Crippen molar-refractivity contribution in [3.8, 4) is 0 Å². The molecule has 2 amide bonds. The zero-order chi connectivity index (χ0) is 25.9. The van der Waals surface area contributed by atoms with Gasteiger partial charge in [-0.3, -0.25) is 5.10 Å². The lowest BCUT2D eigenvalue weighted by atomic mass is 10.2. The zero-order valence-corrected chi connectivity index (χ0v) is 21.3. The van der Waals surface area contributed by atoms with Gasteiger partial charge in [0.1, 0.15) is 0 Å². The zero-order valence-electron chi connectivity index (χ0n) is 21.3. The number of anilines is 5. The lowest BCUT2D eigenvalue weighted by Gasteiger charge is -2.11. The average Bonchev–Trinajstić information content (AvgIpc) is 3.27. The van der Waals surface area contributed by atoms with Gasteiger partial charge in [-0.1, -0.05) is 36.8 Å². The van der Waals surface area contributed by atoms with Crippen LogP contribution < -0.4 is 21.3 Å². The Kier molecular flexibility index (Phi) is 9.33. The number of aromatic nitrogens is 5. The molecule has 0 saturated carbocycles. The number of rotatable bonds is 10. The van der Waals surface area contributed by atoms with Crippen molar-refractivity contribution in [2.24, 2.45) is 0 Å². The maximum Gasteiger partial charge on any atom is 0.319 e. The molecule has 0 saturated heterocycles. The number of carbonyl (C=O) groups is 1. The first-order chi connectivity index (χ1) is 17.4. The van der Waals surface area contributed by atoms with Crippen molar-refractivity contribution in [2.75, 3.05) is 22.5 Å². The van der Waals surface area contributed by atoms with Gasteiger partial charge in [-0.25, -0.2) is 4.79 Å². The summed E-state index contributed by atoms with van der Waals surface area (Å²) in [6.45, 7) is 10.5. The van der Waals surface area contributed by atoms with Crippen molar-refractivity contribution >= 4 is 40.7 Å². The number of allylic oxidation sites excluding steroid dienone is 6. The van der Waals surface area contributed by atoms with E-state index in [4.69, 9.17) is 0 Å². The van der Waals surface area contributed by atoms with Gasteiger partial charge in [-0.05, 0) is 64.0 Å². The first kappa shape index (κ1) is 26.1. The Labute approximate surface area is 211 Å². The molecule has 5 N–H and O–H groups in total. The molecule has 10 nitrogen and oxygen atoms in total. The molecule has 0 unspecified atom stereocenters. The fraction of sp³-hybridized carbons (Fsp3) is 0.269. The number of nitrogens with zero attached hydrogens (tertiary/aromatic N) is 4. The van der Waals surface area contributed by atoms with E-state index < -0.39 is 0 Å². The third kappa shape index (κ3) is 8.08. The van der Waals surface area contributed by atoms with Crippen LogP contribution in [0, 0.1) is 6.92 Å². The summed E-state index contributed by atoms with van der Waals surface area (Å²) in [6.07, 6.45) is 9.03. The van der Waals surface area contributed by atoms with Crippen molar-refractivity contribution in [1.29, 1.82) is 0 Å². The van der Waals surface area contributed by atoms with Gasteiger partial charge >= 0.3 is 6.03 Å². The highest BCUT2D eigenvalue weighted by molar-refractivity contribution is 5.89. The van der Waals surface area contributed by atoms with Gasteiger partial charge in [0, 0.05) is 29.7 Å². The number of H-pyrrole nitrogens is 1. The van der Waals surface area contributed by atoms with Crippen LogP contribution in [0.5, 0.6) is 0 Å². The van der Waals surface area contributed by atoms with Crippen LogP contribution in [0.1, 0.15) is 45.6 Å². The molecule has 3 aromatic rings. The molecule has 1 aromatic carbocycles. The third-order valence-corrected chi connectivity index (χ3v) is 5.07. The number of aryl methyl sites for hydroxylation is 1. The van der Waals surface area contributed by atoms with Crippen molar-refractivity contribution in [3.05, 3.63) is 71.7 Å². The molecule has 0 aliphatic carbocycles. The third-order valence-electron chi connectivity index (χ3n) is 5.07.